The third kappa shape index (κ3) is 3.47. The van der Waals surface area contributed by atoms with E-state index < -0.39 is 5.60 Å². The molecule has 0 bridgehead atoms. The lowest BCUT2D eigenvalue weighted by Gasteiger charge is -2.43. The van der Waals surface area contributed by atoms with Crippen LogP contribution in [0.2, 0.25) is 0 Å². The third-order valence-electron chi connectivity index (χ3n) is 7.74. The summed E-state index contributed by atoms with van der Waals surface area (Å²) in [6.07, 6.45) is 8.64. The van der Waals surface area contributed by atoms with Gasteiger partial charge in [0.2, 0.25) is 5.88 Å². The van der Waals surface area contributed by atoms with Crippen LogP contribution < -0.4 is 4.90 Å². The molecule has 2 saturated carbocycles. The first-order chi connectivity index (χ1) is 16.0. The number of hydrogen-bond donors (Lipinski definition) is 0. The van der Waals surface area contributed by atoms with E-state index in [-0.39, 0.29) is 11.5 Å². The Kier molecular flexibility index (Phi) is 4.51. The number of anilines is 1. The summed E-state index contributed by atoms with van der Waals surface area (Å²) in [6.45, 7) is 3.50. The SMILES string of the molecule is C[C@]1(Cn2cnc3ccc(C#N)cc32)CCC[C@@]2(CN(c3cc(C4CCC4)no3)C(=O)O2)C1. The third-order valence-corrected chi connectivity index (χ3v) is 7.74. The van der Waals surface area contributed by atoms with E-state index in [0.717, 1.165) is 61.8 Å². The van der Waals surface area contributed by atoms with Crippen molar-refractivity contribution in [3.05, 3.63) is 41.9 Å². The zero-order valence-corrected chi connectivity index (χ0v) is 18.8. The summed E-state index contributed by atoms with van der Waals surface area (Å²) in [5.74, 6) is 0.954. The summed E-state index contributed by atoms with van der Waals surface area (Å²) < 4.78 is 13.7. The van der Waals surface area contributed by atoms with Gasteiger partial charge < -0.3 is 13.8 Å². The van der Waals surface area contributed by atoms with Gasteiger partial charge in [0.05, 0.1) is 41.2 Å². The first-order valence-corrected chi connectivity index (χ1v) is 11.8. The molecule has 8 nitrogen and oxygen atoms in total. The van der Waals surface area contributed by atoms with Crippen molar-refractivity contribution >= 4 is 23.0 Å². The molecule has 0 unspecified atom stereocenters. The van der Waals surface area contributed by atoms with Gasteiger partial charge >= 0.3 is 6.09 Å². The van der Waals surface area contributed by atoms with Crippen LogP contribution in [0.3, 0.4) is 0 Å². The number of carbonyl (C=O) groups excluding carboxylic acids is 1. The van der Waals surface area contributed by atoms with Crippen molar-refractivity contribution in [2.45, 2.75) is 69.9 Å². The van der Waals surface area contributed by atoms with Crippen molar-refractivity contribution in [3.8, 4) is 6.07 Å². The normalized spacial score (nSPS) is 27.6. The van der Waals surface area contributed by atoms with Crippen LogP contribution in [-0.2, 0) is 11.3 Å². The smallest absolute Gasteiger partial charge is 0.417 e. The standard InChI is InChI=1S/C25H27N5O3/c1-24(14-29-16-27-19-7-6-17(12-26)10-21(19)29)8-3-9-25(13-24)15-30(23(31)32-25)22-11-20(28-33-22)18-4-2-5-18/h6-7,10-11,16,18H,2-5,8-9,13-15H2,1H3/t24-,25-/m0/s1. The van der Waals surface area contributed by atoms with Crippen LogP contribution in [0.25, 0.3) is 11.0 Å². The molecule has 170 valence electrons. The second-order valence-electron chi connectivity index (χ2n) is 10.4. The van der Waals surface area contributed by atoms with Gasteiger partial charge in [0.25, 0.3) is 0 Å². The number of amides is 1. The van der Waals surface area contributed by atoms with Gasteiger partial charge in [0.1, 0.15) is 5.60 Å². The molecule has 3 fully saturated rings. The Morgan fingerprint density at radius 2 is 2.12 bits per heavy atom. The van der Waals surface area contributed by atoms with Crippen molar-refractivity contribution in [2.24, 2.45) is 5.41 Å². The highest BCUT2D eigenvalue weighted by atomic mass is 16.6. The maximum Gasteiger partial charge on any atom is 0.417 e. The van der Waals surface area contributed by atoms with E-state index in [0.29, 0.717) is 23.9 Å². The second-order valence-corrected chi connectivity index (χ2v) is 10.4. The van der Waals surface area contributed by atoms with E-state index >= 15 is 0 Å². The lowest BCUT2D eigenvalue weighted by atomic mass is 9.68. The average molecular weight is 446 g/mol. The van der Waals surface area contributed by atoms with Gasteiger partial charge in [-0.25, -0.2) is 14.7 Å². The number of carbonyl (C=O) groups is 1. The van der Waals surface area contributed by atoms with Crippen LogP contribution in [0.1, 0.15) is 69.0 Å². The second kappa shape index (κ2) is 7.34. The van der Waals surface area contributed by atoms with Crippen molar-refractivity contribution in [1.29, 1.82) is 5.26 Å². The van der Waals surface area contributed by atoms with Gasteiger partial charge in [-0.3, -0.25) is 0 Å². The Bertz CT molecular complexity index is 1270. The van der Waals surface area contributed by atoms with Gasteiger partial charge in [0, 0.05) is 18.5 Å². The molecule has 1 saturated heterocycles. The highest BCUT2D eigenvalue weighted by Gasteiger charge is 2.52. The summed E-state index contributed by atoms with van der Waals surface area (Å²) in [5, 5.41) is 13.5. The minimum atomic E-state index is -0.526. The van der Waals surface area contributed by atoms with Gasteiger partial charge in [-0.05, 0) is 62.1 Å². The summed E-state index contributed by atoms with van der Waals surface area (Å²) in [5.41, 5.74) is 2.83. The molecule has 1 spiro atoms. The largest absolute Gasteiger partial charge is 0.441 e. The molecule has 0 N–H and O–H groups in total. The van der Waals surface area contributed by atoms with E-state index in [1.165, 1.54) is 6.42 Å². The molecular formula is C25H27N5O3. The fourth-order valence-electron chi connectivity index (χ4n) is 5.91. The number of imidazole rings is 1. The molecule has 0 radical (unpaired) electrons. The number of nitrogens with zero attached hydrogens (tertiary/aromatic N) is 5. The highest BCUT2D eigenvalue weighted by molar-refractivity contribution is 5.88. The van der Waals surface area contributed by atoms with Gasteiger partial charge in [-0.1, -0.05) is 18.5 Å². The number of fused-ring (bicyclic) bond motifs is 1. The minimum Gasteiger partial charge on any atom is -0.441 e. The van der Waals surface area contributed by atoms with Crippen LogP contribution in [-0.4, -0.2) is 32.9 Å². The molecule has 2 aliphatic carbocycles. The molecule has 3 aromatic rings. The van der Waals surface area contributed by atoms with Crippen LogP contribution in [0.5, 0.6) is 0 Å². The van der Waals surface area contributed by atoms with Crippen molar-refractivity contribution in [3.63, 3.8) is 0 Å². The van der Waals surface area contributed by atoms with E-state index in [9.17, 15) is 10.1 Å². The lowest BCUT2D eigenvalue weighted by molar-refractivity contribution is -0.0264. The molecule has 1 aromatic carbocycles. The molecule has 33 heavy (non-hydrogen) atoms. The van der Waals surface area contributed by atoms with Crippen LogP contribution in [0, 0.1) is 16.7 Å². The number of hydrogen-bond acceptors (Lipinski definition) is 6. The molecule has 3 aliphatic rings. The first-order valence-electron chi connectivity index (χ1n) is 11.8. The van der Waals surface area contributed by atoms with Crippen LogP contribution >= 0.6 is 0 Å². The fourth-order valence-corrected chi connectivity index (χ4v) is 5.91. The Labute approximate surface area is 192 Å². The number of ether oxygens (including phenoxy) is 1. The van der Waals surface area contributed by atoms with E-state index in [1.807, 2.05) is 24.5 Å². The van der Waals surface area contributed by atoms with Crippen molar-refractivity contribution in [1.82, 2.24) is 14.7 Å². The number of benzene rings is 1. The maximum atomic E-state index is 12.9. The number of aromatic nitrogens is 3. The van der Waals surface area contributed by atoms with Gasteiger partial charge in [0.15, 0.2) is 0 Å². The van der Waals surface area contributed by atoms with Crippen molar-refractivity contribution < 1.29 is 14.1 Å². The van der Waals surface area contributed by atoms with Crippen LogP contribution in [0.15, 0.2) is 35.1 Å². The number of nitriles is 1. The zero-order chi connectivity index (χ0) is 22.6. The summed E-state index contributed by atoms with van der Waals surface area (Å²) in [6, 6.07) is 9.70. The molecule has 8 heteroatoms. The van der Waals surface area contributed by atoms with Crippen molar-refractivity contribution in [2.75, 3.05) is 11.4 Å². The van der Waals surface area contributed by atoms with E-state index in [2.05, 4.69) is 27.7 Å². The minimum absolute atomic E-state index is 0.0661. The monoisotopic (exact) mass is 445 g/mol. The predicted octanol–water partition coefficient (Wildman–Crippen LogP) is 5.14. The Morgan fingerprint density at radius 1 is 1.24 bits per heavy atom. The number of rotatable bonds is 4. The van der Waals surface area contributed by atoms with E-state index in [4.69, 9.17) is 9.26 Å². The van der Waals surface area contributed by atoms with E-state index in [1.54, 1.807) is 11.0 Å². The van der Waals surface area contributed by atoms with Gasteiger partial charge in [-0.2, -0.15) is 5.26 Å². The lowest BCUT2D eigenvalue weighted by Crippen LogP contribution is -2.45. The average Bonchev–Trinajstić information content (AvgIpc) is 3.45. The Morgan fingerprint density at radius 3 is 2.91 bits per heavy atom. The zero-order valence-electron chi connectivity index (χ0n) is 18.8. The summed E-state index contributed by atoms with van der Waals surface area (Å²) in [4.78, 5) is 19.0. The van der Waals surface area contributed by atoms with Gasteiger partial charge in [-0.15, -0.1) is 0 Å². The molecule has 1 amide bonds. The molecule has 2 atom stereocenters. The molecule has 3 heterocycles. The Hall–Kier alpha value is -3.34. The highest BCUT2D eigenvalue weighted by Crippen LogP contribution is 2.48. The first kappa shape index (κ1) is 20.3. The maximum absolute atomic E-state index is 12.9. The predicted molar refractivity (Wildman–Crippen MR) is 121 cm³/mol. The summed E-state index contributed by atoms with van der Waals surface area (Å²) >= 11 is 0. The summed E-state index contributed by atoms with van der Waals surface area (Å²) in [7, 11) is 0. The molecule has 2 aromatic heterocycles. The molecular weight excluding hydrogens is 418 g/mol. The Balaban J connectivity index is 1.22. The fraction of sp³-hybridized carbons (Fsp3) is 0.520. The molecule has 1 aliphatic heterocycles. The molecule has 6 rings (SSSR count). The quantitative estimate of drug-likeness (QED) is 0.552. The topological polar surface area (TPSA) is 97.2 Å². The van der Waals surface area contributed by atoms with Crippen LogP contribution in [0.4, 0.5) is 10.7 Å².